The van der Waals surface area contributed by atoms with Gasteiger partial charge in [-0.1, -0.05) is 51.1 Å². The van der Waals surface area contributed by atoms with Gasteiger partial charge in [-0.15, -0.1) is 0 Å². The Hall–Kier alpha value is -3.62. The molecule has 0 saturated carbocycles. The largest absolute Gasteiger partial charge is 0.435 e. The van der Waals surface area contributed by atoms with Gasteiger partial charge in [0, 0.05) is 38.1 Å². The first kappa shape index (κ1) is 27.4. The Kier molecular flexibility index (Phi) is 7.67. The van der Waals surface area contributed by atoms with E-state index in [9.17, 15) is 22.8 Å². The summed E-state index contributed by atoms with van der Waals surface area (Å²) >= 11 is 0. The van der Waals surface area contributed by atoms with Gasteiger partial charge in [-0.3, -0.25) is 9.59 Å². The molecule has 1 fully saturated rings. The lowest BCUT2D eigenvalue weighted by Crippen LogP contribution is -2.47. The van der Waals surface area contributed by atoms with Gasteiger partial charge in [0.25, 0.3) is 5.91 Å². The number of hydrogen-bond donors (Lipinski definition) is 1. The number of rotatable bonds is 5. The normalized spacial score (nSPS) is 15.0. The Bertz CT molecular complexity index is 1310. The Morgan fingerprint density at radius 2 is 1.66 bits per heavy atom. The highest BCUT2D eigenvalue weighted by Gasteiger charge is 2.35. The van der Waals surface area contributed by atoms with Gasteiger partial charge in [0.15, 0.2) is 5.69 Å². The zero-order chi connectivity index (χ0) is 27.7. The molecule has 4 rings (SSSR count). The van der Waals surface area contributed by atoms with Crippen LogP contribution in [0.1, 0.15) is 63.1 Å². The van der Waals surface area contributed by atoms with E-state index in [0.717, 1.165) is 11.6 Å². The first-order valence-corrected chi connectivity index (χ1v) is 12.7. The van der Waals surface area contributed by atoms with E-state index in [1.165, 1.54) is 4.68 Å². The summed E-state index contributed by atoms with van der Waals surface area (Å²) in [5, 5.41) is 6.87. The molecule has 1 aliphatic rings. The van der Waals surface area contributed by atoms with E-state index < -0.39 is 11.9 Å². The fraction of sp³-hybridized carbons (Fsp3) is 0.414. The lowest BCUT2D eigenvalue weighted by atomic mass is 9.91. The molecular weight excluding hydrogens is 493 g/mol. The molecule has 38 heavy (non-hydrogen) atoms. The minimum absolute atomic E-state index is 0. The molecule has 0 unspecified atom stereocenters. The quantitative estimate of drug-likeness (QED) is 0.425. The topological polar surface area (TPSA) is 67.2 Å². The van der Waals surface area contributed by atoms with Crippen molar-refractivity contribution in [1.82, 2.24) is 20.0 Å². The summed E-state index contributed by atoms with van der Waals surface area (Å²) < 4.78 is 41.8. The zero-order valence-electron chi connectivity index (χ0n) is 22.1. The highest BCUT2D eigenvalue weighted by molar-refractivity contribution is 5.94. The summed E-state index contributed by atoms with van der Waals surface area (Å²) in [5.41, 5.74) is 1.49. The van der Waals surface area contributed by atoms with Crippen LogP contribution >= 0.6 is 0 Å². The van der Waals surface area contributed by atoms with Crippen molar-refractivity contribution in [3.05, 3.63) is 71.4 Å². The number of hydrogen-bond acceptors (Lipinski definition) is 3. The van der Waals surface area contributed by atoms with Crippen molar-refractivity contribution in [3.8, 4) is 16.9 Å². The van der Waals surface area contributed by atoms with E-state index in [-0.39, 0.29) is 30.4 Å². The molecular formula is C29H35F3N4O2. The molecule has 0 bridgehead atoms. The number of nitrogens with one attached hydrogen (secondary N) is 1. The number of halogens is 3. The average Bonchev–Trinajstić information content (AvgIpc) is 3.30. The van der Waals surface area contributed by atoms with Crippen LogP contribution in [0.2, 0.25) is 0 Å². The number of para-hydroxylation sites is 1. The van der Waals surface area contributed by atoms with Gasteiger partial charge in [-0.05, 0) is 55.0 Å². The highest BCUT2D eigenvalue weighted by Crippen LogP contribution is 2.34. The molecule has 0 radical (unpaired) electrons. The van der Waals surface area contributed by atoms with Crippen LogP contribution in [-0.4, -0.2) is 45.6 Å². The molecule has 2 aromatic carbocycles. The van der Waals surface area contributed by atoms with Crippen LogP contribution in [0, 0.1) is 12.3 Å². The number of nitrogens with zero attached hydrogens (tertiary/aromatic N) is 3. The summed E-state index contributed by atoms with van der Waals surface area (Å²) in [5.74, 6) is -0.115. The second kappa shape index (κ2) is 10.6. The number of likely N-dealkylation sites (tertiary alicyclic amines) is 1. The van der Waals surface area contributed by atoms with Crippen LogP contribution in [0.15, 0.2) is 54.6 Å². The number of aryl methyl sites for hydroxylation is 1. The first-order valence-electron chi connectivity index (χ1n) is 12.7. The van der Waals surface area contributed by atoms with Crippen molar-refractivity contribution < 1.29 is 24.2 Å². The van der Waals surface area contributed by atoms with Crippen molar-refractivity contribution in [2.75, 3.05) is 13.1 Å². The van der Waals surface area contributed by atoms with E-state index >= 15 is 0 Å². The van der Waals surface area contributed by atoms with Crippen LogP contribution < -0.4 is 5.32 Å². The second-order valence-electron chi connectivity index (χ2n) is 11.1. The number of alkyl halides is 3. The van der Waals surface area contributed by atoms with Crippen LogP contribution in [0.25, 0.3) is 16.9 Å². The number of piperidine rings is 1. The van der Waals surface area contributed by atoms with Gasteiger partial charge in [0.2, 0.25) is 5.91 Å². The van der Waals surface area contributed by atoms with Crippen LogP contribution in [0.4, 0.5) is 13.2 Å². The summed E-state index contributed by atoms with van der Waals surface area (Å²) in [6, 6.07) is 14.6. The molecule has 1 N–H and O–H groups in total. The first-order chi connectivity index (χ1) is 17.8. The molecule has 204 valence electrons. The number of aromatic nitrogens is 2. The van der Waals surface area contributed by atoms with Gasteiger partial charge < -0.3 is 10.2 Å². The molecule has 3 aromatic rings. The molecule has 2 heterocycles. The second-order valence-corrected chi connectivity index (χ2v) is 11.1. The van der Waals surface area contributed by atoms with E-state index in [4.69, 9.17) is 0 Å². The Morgan fingerprint density at radius 3 is 2.24 bits per heavy atom. The fourth-order valence-corrected chi connectivity index (χ4v) is 4.61. The number of carbonyl (C=O) groups is 2. The summed E-state index contributed by atoms with van der Waals surface area (Å²) in [6.45, 7) is 9.12. The van der Waals surface area contributed by atoms with Crippen molar-refractivity contribution >= 4 is 11.8 Å². The van der Waals surface area contributed by atoms with Crippen LogP contribution in [0.5, 0.6) is 0 Å². The van der Waals surface area contributed by atoms with Crippen molar-refractivity contribution in [3.63, 3.8) is 0 Å². The van der Waals surface area contributed by atoms with Crippen molar-refractivity contribution in [1.29, 1.82) is 0 Å². The van der Waals surface area contributed by atoms with Gasteiger partial charge in [0.05, 0.1) is 11.4 Å². The van der Waals surface area contributed by atoms with Gasteiger partial charge in [-0.2, -0.15) is 18.3 Å². The third-order valence-corrected chi connectivity index (χ3v) is 6.65. The maximum Gasteiger partial charge on any atom is 0.435 e. The van der Waals surface area contributed by atoms with Crippen molar-refractivity contribution in [2.24, 2.45) is 5.41 Å². The van der Waals surface area contributed by atoms with Crippen LogP contribution in [0.3, 0.4) is 0 Å². The molecule has 6 nitrogen and oxygen atoms in total. The highest BCUT2D eigenvalue weighted by atomic mass is 19.4. The summed E-state index contributed by atoms with van der Waals surface area (Å²) in [4.78, 5) is 27.2. The van der Waals surface area contributed by atoms with E-state index in [1.54, 1.807) is 36.4 Å². The smallest absolute Gasteiger partial charge is 0.349 e. The van der Waals surface area contributed by atoms with Gasteiger partial charge >= 0.3 is 6.18 Å². The van der Waals surface area contributed by atoms with Gasteiger partial charge in [-0.25, -0.2) is 4.68 Å². The SMILES string of the molecule is Cc1ccccc1-n1nc(C(F)(F)F)cc1-c1ccc(C(=O)NC2CCN(C(=O)CC(C)(C)C)CC2)cc1.[HH]. The van der Waals surface area contributed by atoms with E-state index in [1.807, 2.05) is 44.7 Å². The van der Waals surface area contributed by atoms with Crippen LogP contribution in [-0.2, 0) is 11.0 Å². The van der Waals surface area contributed by atoms with Gasteiger partial charge in [0.1, 0.15) is 0 Å². The molecule has 0 spiro atoms. The third kappa shape index (κ3) is 6.44. The lowest BCUT2D eigenvalue weighted by molar-refractivity contribution is -0.141. The number of benzene rings is 2. The Morgan fingerprint density at radius 1 is 1.03 bits per heavy atom. The molecule has 1 saturated heterocycles. The number of carbonyl (C=O) groups excluding carboxylic acids is 2. The summed E-state index contributed by atoms with van der Waals surface area (Å²) in [7, 11) is 0. The standard InChI is InChI=1S/C29H33F3N4O2.H2/c1-19-7-5-6-8-23(19)36-24(17-25(34-36)29(30,31)32)20-9-11-21(12-10-20)27(38)33-22-13-15-35(16-14-22)26(37)18-28(2,3)4;/h5-12,17,22H,13-16,18H2,1-4H3,(H,33,38);1H. The maximum atomic E-state index is 13.5. The minimum atomic E-state index is -4.59. The van der Waals surface area contributed by atoms with E-state index in [0.29, 0.717) is 49.2 Å². The molecule has 0 aliphatic carbocycles. The monoisotopic (exact) mass is 528 g/mol. The predicted octanol–water partition coefficient (Wildman–Crippen LogP) is 6.27. The Labute approximate surface area is 222 Å². The third-order valence-electron chi connectivity index (χ3n) is 6.65. The average molecular weight is 529 g/mol. The summed E-state index contributed by atoms with van der Waals surface area (Å²) in [6.07, 6.45) is -2.75. The zero-order valence-corrected chi connectivity index (χ0v) is 22.1. The maximum absolute atomic E-state index is 13.5. The molecule has 1 aromatic heterocycles. The fourth-order valence-electron chi connectivity index (χ4n) is 4.61. The van der Waals surface area contributed by atoms with Crippen molar-refractivity contribution in [2.45, 2.75) is 59.2 Å². The Balaban J connectivity index is 0.00000420. The molecule has 2 amide bonds. The minimum Gasteiger partial charge on any atom is -0.349 e. The lowest BCUT2D eigenvalue weighted by Gasteiger charge is -2.34. The predicted molar refractivity (Wildman–Crippen MR) is 142 cm³/mol. The molecule has 0 atom stereocenters. The molecule has 1 aliphatic heterocycles. The number of amides is 2. The van der Waals surface area contributed by atoms with E-state index in [2.05, 4.69) is 10.4 Å². The molecule has 9 heteroatoms.